The number of anilines is 2. The first-order valence-electron chi connectivity index (χ1n) is 10.6. The zero-order chi connectivity index (χ0) is 22.5. The molecule has 168 valence electrons. The van der Waals surface area contributed by atoms with Gasteiger partial charge in [0.25, 0.3) is 0 Å². The highest BCUT2D eigenvalue weighted by molar-refractivity contribution is 6.30. The molecule has 32 heavy (non-hydrogen) atoms. The number of aromatic nitrogens is 3. The van der Waals surface area contributed by atoms with Gasteiger partial charge in [0, 0.05) is 29.2 Å². The highest BCUT2D eigenvalue weighted by Crippen LogP contribution is 2.29. The summed E-state index contributed by atoms with van der Waals surface area (Å²) in [6.07, 6.45) is 4.06. The Morgan fingerprint density at radius 2 is 2.00 bits per heavy atom. The van der Waals surface area contributed by atoms with Crippen molar-refractivity contribution < 1.29 is 14.3 Å². The summed E-state index contributed by atoms with van der Waals surface area (Å²) in [7, 11) is 3.21. The van der Waals surface area contributed by atoms with Gasteiger partial charge in [0.2, 0.25) is 5.95 Å². The molecule has 1 aliphatic rings. The number of rotatable bonds is 6. The summed E-state index contributed by atoms with van der Waals surface area (Å²) in [6.45, 7) is 0.999. The molecule has 0 saturated heterocycles. The molecular weight excluding hydrogens is 430 g/mol. The Balaban J connectivity index is 1.72. The molecule has 2 heterocycles. The molecule has 3 aromatic rings. The molecule has 2 amide bonds. The van der Waals surface area contributed by atoms with Crippen molar-refractivity contribution in [3.05, 3.63) is 58.9 Å². The van der Waals surface area contributed by atoms with Crippen LogP contribution in [0.2, 0.25) is 5.02 Å². The van der Waals surface area contributed by atoms with Crippen LogP contribution in [-0.4, -0.2) is 35.0 Å². The number of carbonyl (C=O) groups excluding carboxylic acids is 1. The number of amides is 2. The minimum absolute atomic E-state index is 0.227. The summed E-state index contributed by atoms with van der Waals surface area (Å²) in [5, 5.41) is 12.2. The van der Waals surface area contributed by atoms with E-state index >= 15 is 0 Å². The monoisotopic (exact) mass is 455 g/mol. The normalized spacial score (nSPS) is 13.1. The Morgan fingerprint density at radius 3 is 2.78 bits per heavy atom. The van der Waals surface area contributed by atoms with E-state index < -0.39 is 0 Å². The highest BCUT2D eigenvalue weighted by atomic mass is 35.5. The lowest BCUT2D eigenvalue weighted by Crippen LogP contribution is -2.36. The van der Waals surface area contributed by atoms with Gasteiger partial charge < -0.3 is 14.8 Å². The minimum atomic E-state index is -0.336. The topological polar surface area (TPSA) is 81.5 Å². The van der Waals surface area contributed by atoms with Crippen molar-refractivity contribution in [2.45, 2.75) is 38.8 Å². The van der Waals surface area contributed by atoms with E-state index in [1.165, 1.54) is 0 Å². The van der Waals surface area contributed by atoms with Crippen molar-refractivity contribution in [1.82, 2.24) is 14.8 Å². The highest BCUT2D eigenvalue weighted by Gasteiger charge is 2.26. The number of nitrogens with zero attached hydrogens (tertiary/aromatic N) is 4. The lowest BCUT2D eigenvalue weighted by molar-refractivity contribution is 0.256. The van der Waals surface area contributed by atoms with Crippen LogP contribution in [-0.2, 0) is 19.5 Å². The van der Waals surface area contributed by atoms with Crippen LogP contribution in [0.1, 0.15) is 30.7 Å². The van der Waals surface area contributed by atoms with Crippen molar-refractivity contribution in [3.8, 4) is 11.5 Å². The number of aryl methyl sites for hydroxylation is 1. The van der Waals surface area contributed by atoms with Gasteiger partial charge in [-0.2, -0.15) is 0 Å². The van der Waals surface area contributed by atoms with Gasteiger partial charge in [-0.3, -0.25) is 9.47 Å². The van der Waals surface area contributed by atoms with Crippen molar-refractivity contribution in [2.75, 3.05) is 24.4 Å². The van der Waals surface area contributed by atoms with Crippen LogP contribution < -0.4 is 19.7 Å². The number of nitrogens with one attached hydrogen (secondary N) is 1. The molecule has 2 aromatic carbocycles. The molecule has 0 radical (unpaired) electrons. The van der Waals surface area contributed by atoms with Crippen LogP contribution in [0.15, 0.2) is 42.5 Å². The molecule has 1 aliphatic heterocycles. The summed E-state index contributed by atoms with van der Waals surface area (Å²) in [5.41, 5.74) is 1.39. The number of urea groups is 1. The summed E-state index contributed by atoms with van der Waals surface area (Å²) in [5.74, 6) is 2.74. The predicted octanol–water partition coefficient (Wildman–Crippen LogP) is 4.91. The maximum Gasteiger partial charge on any atom is 0.329 e. The second kappa shape index (κ2) is 9.91. The summed E-state index contributed by atoms with van der Waals surface area (Å²) < 4.78 is 13.0. The fourth-order valence-electron chi connectivity index (χ4n) is 3.84. The molecule has 1 aromatic heterocycles. The number of benzene rings is 2. The molecule has 4 rings (SSSR count). The maximum atomic E-state index is 13.5. The Labute approximate surface area is 192 Å². The molecule has 0 atom stereocenters. The number of carbonyl (C=O) groups is 1. The van der Waals surface area contributed by atoms with Gasteiger partial charge in [-0.1, -0.05) is 24.1 Å². The van der Waals surface area contributed by atoms with Gasteiger partial charge in [-0.25, -0.2) is 4.79 Å². The molecule has 8 nitrogen and oxygen atoms in total. The summed E-state index contributed by atoms with van der Waals surface area (Å²) >= 11 is 6.10. The largest absolute Gasteiger partial charge is 0.497 e. The van der Waals surface area contributed by atoms with Crippen molar-refractivity contribution in [3.63, 3.8) is 0 Å². The summed E-state index contributed by atoms with van der Waals surface area (Å²) in [4.78, 5) is 15.1. The van der Waals surface area contributed by atoms with Crippen LogP contribution in [0.25, 0.3) is 0 Å². The first kappa shape index (κ1) is 22.0. The van der Waals surface area contributed by atoms with E-state index in [1.54, 1.807) is 43.4 Å². The Kier molecular flexibility index (Phi) is 6.80. The number of ether oxygens (including phenoxy) is 2. The second-order valence-corrected chi connectivity index (χ2v) is 8.02. The standard InChI is InChI=1S/C23H26ClN5O3/c1-31-19-10-11-20(32-2)16(13-19)15-29(23(30)25-18-8-6-7-17(24)14-18)22-27-26-21-9-4-3-5-12-28(21)22/h6-8,10-11,13-14H,3-5,9,12,15H2,1-2H3,(H,25,30). The van der Waals surface area contributed by atoms with Crippen LogP contribution in [0.3, 0.4) is 0 Å². The van der Waals surface area contributed by atoms with Crippen molar-refractivity contribution in [2.24, 2.45) is 0 Å². The SMILES string of the molecule is COc1ccc(OC)c(CN(C(=O)Nc2cccc(Cl)c2)c2nnc3n2CCCCC3)c1. The molecule has 1 N–H and O–H groups in total. The van der Waals surface area contributed by atoms with E-state index in [1.807, 2.05) is 22.8 Å². The zero-order valence-corrected chi connectivity index (χ0v) is 18.9. The third-order valence-electron chi connectivity index (χ3n) is 5.47. The fraction of sp³-hybridized carbons (Fsp3) is 0.348. The summed E-state index contributed by atoms with van der Waals surface area (Å²) in [6, 6.07) is 12.2. The Morgan fingerprint density at radius 1 is 1.12 bits per heavy atom. The van der Waals surface area contributed by atoms with Crippen molar-refractivity contribution in [1.29, 1.82) is 0 Å². The maximum absolute atomic E-state index is 13.5. The van der Waals surface area contributed by atoms with Gasteiger partial charge in [0.1, 0.15) is 17.3 Å². The number of hydrogen-bond acceptors (Lipinski definition) is 5. The first-order chi connectivity index (χ1) is 15.6. The van der Waals surface area contributed by atoms with E-state index in [9.17, 15) is 4.79 Å². The van der Waals surface area contributed by atoms with Gasteiger partial charge in [-0.15, -0.1) is 10.2 Å². The first-order valence-corrected chi connectivity index (χ1v) is 10.9. The van der Waals surface area contributed by atoms with Crippen molar-refractivity contribution >= 4 is 29.3 Å². The third-order valence-corrected chi connectivity index (χ3v) is 5.70. The average Bonchev–Trinajstić information content (AvgIpc) is 3.04. The molecule has 0 unspecified atom stereocenters. The van der Waals surface area contributed by atoms with E-state index in [0.717, 1.165) is 43.6 Å². The van der Waals surface area contributed by atoms with Crippen LogP contribution in [0.4, 0.5) is 16.4 Å². The molecule has 0 aliphatic carbocycles. The second-order valence-electron chi connectivity index (χ2n) is 7.58. The van der Waals surface area contributed by atoms with Gasteiger partial charge in [0.05, 0.1) is 20.8 Å². The molecule has 9 heteroatoms. The van der Waals surface area contributed by atoms with Crippen LogP contribution >= 0.6 is 11.6 Å². The number of hydrogen-bond donors (Lipinski definition) is 1. The average molecular weight is 456 g/mol. The molecule has 0 fully saturated rings. The number of methoxy groups -OCH3 is 2. The van der Waals surface area contributed by atoms with Crippen LogP contribution in [0, 0.1) is 0 Å². The minimum Gasteiger partial charge on any atom is -0.497 e. The van der Waals surface area contributed by atoms with Gasteiger partial charge in [0.15, 0.2) is 0 Å². The smallest absolute Gasteiger partial charge is 0.329 e. The zero-order valence-electron chi connectivity index (χ0n) is 18.2. The van der Waals surface area contributed by atoms with E-state index in [-0.39, 0.29) is 12.6 Å². The van der Waals surface area contributed by atoms with E-state index in [4.69, 9.17) is 21.1 Å². The van der Waals surface area contributed by atoms with Gasteiger partial charge >= 0.3 is 6.03 Å². The number of halogens is 1. The van der Waals surface area contributed by atoms with Gasteiger partial charge in [-0.05, 0) is 49.2 Å². The molecule has 0 saturated carbocycles. The number of fused-ring (bicyclic) bond motifs is 1. The molecule has 0 bridgehead atoms. The van der Waals surface area contributed by atoms with Crippen LogP contribution in [0.5, 0.6) is 11.5 Å². The van der Waals surface area contributed by atoms with E-state index in [2.05, 4.69) is 15.5 Å². The quantitative estimate of drug-likeness (QED) is 0.570. The Hall–Kier alpha value is -3.26. The molecule has 0 spiro atoms. The van der Waals surface area contributed by atoms with E-state index in [0.29, 0.717) is 28.2 Å². The lowest BCUT2D eigenvalue weighted by atomic mass is 10.1. The fourth-order valence-corrected chi connectivity index (χ4v) is 4.03. The lowest BCUT2D eigenvalue weighted by Gasteiger charge is -2.24. The Bertz CT molecular complexity index is 1100. The third kappa shape index (κ3) is 4.80. The molecular formula is C23H26ClN5O3. The predicted molar refractivity (Wildman–Crippen MR) is 124 cm³/mol.